The van der Waals surface area contributed by atoms with Gasteiger partial charge in [-0.25, -0.2) is 9.11 Å². The highest BCUT2D eigenvalue weighted by atomic mass is 32.2. The molecule has 4 nitrogen and oxygen atoms in total. The molecule has 1 amide bonds. The highest BCUT2D eigenvalue weighted by Crippen LogP contribution is 2.21. The summed E-state index contributed by atoms with van der Waals surface area (Å²) in [6, 6.07) is 3.34. The van der Waals surface area contributed by atoms with E-state index >= 15 is 0 Å². The molecule has 0 aliphatic heterocycles. The Labute approximate surface area is 93.3 Å². The van der Waals surface area contributed by atoms with Crippen molar-refractivity contribution in [3.63, 3.8) is 0 Å². The monoisotopic (exact) mass is 271 g/mol. The van der Waals surface area contributed by atoms with Crippen LogP contribution in [0.1, 0.15) is 10.4 Å². The predicted molar refractivity (Wildman–Crippen MR) is 48.8 cm³/mol. The first-order valence-electron chi connectivity index (χ1n) is 4.02. The maximum absolute atomic E-state index is 12.4. The van der Waals surface area contributed by atoms with Crippen LogP contribution >= 0.6 is 0 Å². The lowest BCUT2D eigenvalue weighted by molar-refractivity contribution is -0.0446. The lowest BCUT2D eigenvalue weighted by Crippen LogP contribution is -2.40. The molecule has 0 atom stereocenters. The van der Waals surface area contributed by atoms with Crippen molar-refractivity contribution in [2.75, 3.05) is 0 Å². The summed E-state index contributed by atoms with van der Waals surface area (Å²) in [5.41, 5.74) is -5.98. The standard InChI is InChI=1S/C8H5F4NO3S/c9-6-3-1-5(2-4-6)7(14)13-17(15,16)8(10,11)12/h1-4H,(H,13,14). The third-order valence-electron chi connectivity index (χ3n) is 1.64. The Morgan fingerprint density at radius 2 is 1.59 bits per heavy atom. The second-order valence-electron chi connectivity index (χ2n) is 2.89. The van der Waals surface area contributed by atoms with Crippen LogP contribution < -0.4 is 4.72 Å². The Balaban J connectivity index is 2.91. The third kappa shape index (κ3) is 3.16. The van der Waals surface area contributed by atoms with Crippen LogP contribution in [0.2, 0.25) is 0 Å². The second kappa shape index (κ2) is 4.32. The number of halogens is 4. The molecule has 0 heterocycles. The summed E-state index contributed by atoms with van der Waals surface area (Å²) in [6.45, 7) is 0. The van der Waals surface area contributed by atoms with Crippen LogP contribution in [0, 0.1) is 5.82 Å². The fourth-order valence-electron chi connectivity index (χ4n) is 0.840. The van der Waals surface area contributed by atoms with Gasteiger partial charge in [-0.2, -0.15) is 21.6 Å². The zero-order valence-corrected chi connectivity index (χ0v) is 8.77. The van der Waals surface area contributed by atoms with Gasteiger partial charge in [-0.1, -0.05) is 0 Å². The highest BCUT2D eigenvalue weighted by Gasteiger charge is 2.47. The lowest BCUT2D eigenvalue weighted by Gasteiger charge is -2.09. The minimum absolute atomic E-state index is 0.403. The van der Waals surface area contributed by atoms with Crippen molar-refractivity contribution in [3.05, 3.63) is 35.6 Å². The zero-order valence-electron chi connectivity index (χ0n) is 7.95. The molecule has 1 aromatic carbocycles. The van der Waals surface area contributed by atoms with E-state index in [1.165, 1.54) is 0 Å². The topological polar surface area (TPSA) is 63.2 Å². The quantitative estimate of drug-likeness (QED) is 0.827. The maximum atomic E-state index is 12.4. The molecular weight excluding hydrogens is 266 g/mol. The fourth-order valence-corrected chi connectivity index (χ4v) is 1.32. The average Bonchev–Trinajstić information content (AvgIpc) is 2.16. The van der Waals surface area contributed by atoms with Gasteiger partial charge in [-0.15, -0.1) is 0 Å². The van der Waals surface area contributed by atoms with Gasteiger partial charge < -0.3 is 0 Å². The van der Waals surface area contributed by atoms with Crippen LogP contribution in [0.3, 0.4) is 0 Å². The summed E-state index contributed by atoms with van der Waals surface area (Å²) in [4.78, 5) is 11.1. The molecule has 0 radical (unpaired) electrons. The van der Waals surface area contributed by atoms with Crippen molar-refractivity contribution < 1.29 is 30.8 Å². The van der Waals surface area contributed by atoms with E-state index in [1.807, 2.05) is 0 Å². The molecule has 1 N–H and O–H groups in total. The van der Waals surface area contributed by atoms with Crippen molar-refractivity contribution >= 4 is 15.9 Å². The summed E-state index contributed by atoms with van der Waals surface area (Å²) < 4.78 is 70.1. The second-order valence-corrected chi connectivity index (χ2v) is 4.56. The summed E-state index contributed by atoms with van der Waals surface area (Å²) in [7, 11) is -5.75. The lowest BCUT2D eigenvalue weighted by atomic mass is 10.2. The van der Waals surface area contributed by atoms with Gasteiger partial charge >= 0.3 is 15.5 Å². The number of hydrogen-bond donors (Lipinski definition) is 1. The number of hydrogen-bond acceptors (Lipinski definition) is 3. The number of carbonyl (C=O) groups excluding carboxylic acids is 1. The minimum atomic E-state index is -5.75. The molecule has 0 spiro atoms. The van der Waals surface area contributed by atoms with E-state index in [1.54, 1.807) is 0 Å². The van der Waals surface area contributed by atoms with Gasteiger partial charge in [0.25, 0.3) is 5.91 Å². The van der Waals surface area contributed by atoms with E-state index < -0.39 is 32.8 Å². The molecule has 1 aromatic rings. The Morgan fingerprint density at radius 1 is 1.12 bits per heavy atom. The van der Waals surface area contributed by atoms with E-state index in [2.05, 4.69) is 0 Å². The smallest absolute Gasteiger partial charge is 0.268 e. The SMILES string of the molecule is O=C(NS(=O)(=O)C(F)(F)F)c1ccc(F)cc1. The summed E-state index contributed by atoms with van der Waals surface area (Å²) in [5, 5.41) is 0. The molecule has 0 saturated heterocycles. The van der Waals surface area contributed by atoms with Crippen molar-refractivity contribution in [1.29, 1.82) is 0 Å². The van der Waals surface area contributed by atoms with Gasteiger partial charge in [0.05, 0.1) is 0 Å². The van der Waals surface area contributed by atoms with Gasteiger partial charge in [0.1, 0.15) is 5.82 Å². The molecule has 17 heavy (non-hydrogen) atoms. The van der Waals surface area contributed by atoms with E-state index in [4.69, 9.17) is 0 Å². The number of benzene rings is 1. The Morgan fingerprint density at radius 3 is 2.00 bits per heavy atom. The van der Waals surface area contributed by atoms with E-state index in [-0.39, 0.29) is 0 Å². The highest BCUT2D eigenvalue weighted by molar-refractivity contribution is 7.90. The summed E-state index contributed by atoms with van der Waals surface area (Å²) in [6.07, 6.45) is 0. The zero-order chi connectivity index (χ0) is 13.3. The predicted octanol–water partition coefficient (Wildman–Crippen LogP) is 1.41. The van der Waals surface area contributed by atoms with Crippen molar-refractivity contribution in [2.45, 2.75) is 5.51 Å². The van der Waals surface area contributed by atoms with Crippen LogP contribution in [-0.4, -0.2) is 19.8 Å². The molecule has 1 rings (SSSR count). The normalized spacial score (nSPS) is 12.2. The van der Waals surface area contributed by atoms with Gasteiger partial charge in [0.15, 0.2) is 0 Å². The molecule has 0 aromatic heterocycles. The van der Waals surface area contributed by atoms with Crippen LogP contribution in [0.5, 0.6) is 0 Å². The fraction of sp³-hybridized carbons (Fsp3) is 0.125. The van der Waals surface area contributed by atoms with Crippen molar-refractivity contribution in [1.82, 2.24) is 4.72 Å². The van der Waals surface area contributed by atoms with E-state index in [0.29, 0.717) is 0 Å². The number of amides is 1. The van der Waals surface area contributed by atoms with Gasteiger partial charge in [0, 0.05) is 5.56 Å². The largest absolute Gasteiger partial charge is 0.516 e. The average molecular weight is 271 g/mol. The maximum Gasteiger partial charge on any atom is 0.516 e. The van der Waals surface area contributed by atoms with Crippen LogP contribution in [-0.2, 0) is 10.0 Å². The number of rotatable bonds is 2. The van der Waals surface area contributed by atoms with Crippen LogP contribution in [0.25, 0.3) is 0 Å². The molecule has 94 valence electrons. The van der Waals surface area contributed by atoms with Crippen molar-refractivity contribution in [3.8, 4) is 0 Å². The first kappa shape index (κ1) is 13.4. The molecule has 9 heteroatoms. The van der Waals surface area contributed by atoms with Crippen LogP contribution in [0.4, 0.5) is 17.6 Å². The van der Waals surface area contributed by atoms with Crippen molar-refractivity contribution in [2.24, 2.45) is 0 Å². The number of sulfonamides is 1. The molecule has 0 saturated carbocycles. The number of carbonyl (C=O) groups is 1. The molecule has 0 aliphatic carbocycles. The van der Waals surface area contributed by atoms with E-state index in [9.17, 15) is 30.8 Å². The summed E-state index contributed by atoms with van der Waals surface area (Å²) in [5.74, 6) is -2.19. The van der Waals surface area contributed by atoms with Crippen LogP contribution in [0.15, 0.2) is 24.3 Å². The molecule has 0 bridgehead atoms. The third-order valence-corrected chi connectivity index (χ3v) is 2.70. The molecule has 0 aliphatic rings. The van der Waals surface area contributed by atoms with E-state index in [0.717, 1.165) is 29.0 Å². The number of nitrogens with one attached hydrogen (secondary N) is 1. The Bertz CT molecular complexity index is 521. The molecule has 0 unspecified atom stereocenters. The first-order valence-corrected chi connectivity index (χ1v) is 5.51. The molecule has 0 fully saturated rings. The first-order chi connectivity index (χ1) is 7.63. The minimum Gasteiger partial charge on any atom is -0.268 e. The Hall–Kier alpha value is -1.64. The summed E-state index contributed by atoms with van der Waals surface area (Å²) >= 11 is 0. The Kier molecular flexibility index (Phi) is 3.41. The van der Waals surface area contributed by atoms with Gasteiger partial charge in [-0.05, 0) is 24.3 Å². The molecular formula is C8H5F4NO3S. The number of alkyl halides is 3. The van der Waals surface area contributed by atoms with Gasteiger partial charge in [-0.3, -0.25) is 4.79 Å². The van der Waals surface area contributed by atoms with Gasteiger partial charge in [0.2, 0.25) is 0 Å².